The summed E-state index contributed by atoms with van der Waals surface area (Å²) in [6.45, 7) is 4.61. The Morgan fingerprint density at radius 2 is 2.05 bits per heavy atom. The molecule has 2 aliphatic rings. The van der Waals surface area contributed by atoms with Gasteiger partial charge in [0.1, 0.15) is 0 Å². The van der Waals surface area contributed by atoms with E-state index in [4.69, 9.17) is 4.74 Å². The number of para-hydroxylation sites is 1. The maximum absolute atomic E-state index is 12.4. The predicted octanol–water partition coefficient (Wildman–Crippen LogP) is 2.34. The second kappa shape index (κ2) is 6.16. The molecule has 2 heterocycles. The van der Waals surface area contributed by atoms with Crippen molar-refractivity contribution in [1.82, 2.24) is 5.32 Å². The van der Waals surface area contributed by atoms with E-state index >= 15 is 0 Å². The smallest absolute Gasteiger partial charge is 0.227 e. The van der Waals surface area contributed by atoms with Gasteiger partial charge < -0.3 is 15.0 Å². The molecule has 1 spiro atoms. The van der Waals surface area contributed by atoms with E-state index in [-0.39, 0.29) is 17.6 Å². The van der Waals surface area contributed by atoms with Gasteiger partial charge in [-0.2, -0.15) is 0 Å². The van der Waals surface area contributed by atoms with Crippen LogP contribution >= 0.6 is 0 Å². The molecule has 1 N–H and O–H groups in total. The number of rotatable bonds is 3. The molecule has 2 saturated heterocycles. The zero-order valence-electron chi connectivity index (χ0n) is 12.7. The molecule has 0 saturated carbocycles. The van der Waals surface area contributed by atoms with Crippen LogP contribution in [0.2, 0.25) is 0 Å². The van der Waals surface area contributed by atoms with Crippen molar-refractivity contribution in [2.24, 2.45) is 0 Å². The maximum atomic E-state index is 12.4. The Bertz CT molecular complexity index is 483. The highest BCUT2D eigenvalue weighted by atomic mass is 16.5. The number of carbonyl (C=O) groups is 1. The van der Waals surface area contributed by atoms with Crippen molar-refractivity contribution in [2.45, 2.75) is 44.2 Å². The van der Waals surface area contributed by atoms with E-state index in [0.717, 1.165) is 38.0 Å². The third-order valence-electron chi connectivity index (χ3n) is 4.67. The lowest BCUT2D eigenvalue weighted by Crippen LogP contribution is -2.44. The molecule has 0 radical (unpaired) electrons. The summed E-state index contributed by atoms with van der Waals surface area (Å²) < 4.78 is 6.16. The monoisotopic (exact) mass is 288 g/mol. The molecule has 0 bridgehead atoms. The average molecular weight is 288 g/mol. The number of amides is 1. The van der Waals surface area contributed by atoms with Crippen molar-refractivity contribution in [3.05, 3.63) is 30.3 Å². The minimum atomic E-state index is -0.0169. The van der Waals surface area contributed by atoms with Crippen LogP contribution in [0.15, 0.2) is 30.3 Å². The van der Waals surface area contributed by atoms with E-state index in [1.807, 2.05) is 42.2 Å². The van der Waals surface area contributed by atoms with Gasteiger partial charge in [-0.3, -0.25) is 4.79 Å². The van der Waals surface area contributed by atoms with Gasteiger partial charge in [0.25, 0.3) is 0 Å². The van der Waals surface area contributed by atoms with Gasteiger partial charge in [0.15, 0.2) is 0 Å². The Morgan fingerprint density at radius 3 is 2.71 bits per heavy atom. The number of piperidine rings is 1. The fourth-order valence-corrected chi connectivity index (χ4v) is 3.53. The lowest BCUT2D eigenvalue weighted by molar-refractivity contribution is -0.118. The number of hydrogen-bond donors (Lipinski definition) is 1. The van der Waals surface area contributed by atoms with Gasteiger partial charge in [-0.1, -0.05) is 25.1 Å². The largest absolute Gasteiger partial charge is 0.373 e. The van der Waals surface area contributed by atoms with Crippen LogP contribution in [0.25, 0.3) is 0 Å². The van der Waals surface area contributed by atoms with Gasteiger partial charge in [0.2, 0.25) is 5.91 Å². The van der Waals surface area contributed by atoms with E-state index in [2.05, 4.69) is 5.32 Å². The zero-order valence-corrected chi connectivity index (χ0v) is 12.7. The summed E-state index contributed by atoms with van der Waals surface area (Å²) in [6, 6.07) is 10.2. The molecule has 114 valence electrons. The Labute approximate surface area is 126 Å². The molecular weight excluding hydrogens is 264 g/mol. The molecule has 2 aliphatic heterocycles. The second-order valence-corrected chi connectivity index (χ2v) is 6.05. The van der Waals surface area contributed by atoms with Crippen molar-refractivity contribution >= 4 is 11.6 Å². The van der Waals surface area contributed by atoms with Gasteiger partial charge in [0.05, 0.1) is 18.2 Å². The molecule has 21 heavy (non-hydrogen) atoms. The SMILES string of the molecule is CCC(=O)N(c1ccccc1)C1COC2(CCNCC2)C1. The summed E-state index contributed by atoms with van der Waals surface area (Å²) in [7, 11) is 0. The number of nitrogens with zero attached hydrogens (tertiary/aromatic N) is 1. The van der Waals surface area contributed by atoms with Crippen LogP contribution in [0.1, 0.15) is 32.6 Å². The van der Waals surface area contributed by atoms with Gasteiger partial charge >= 0.3 is 0 Å². The van der Waals surface area contributed by atoms with E-state index in [9.17, 15) is 4.79 Å². The number of benzene rings is 1. The molecule has 1 unspecified atom stereocenters. The van der Waals surface area contributed by atoms with Crippen LogP contribution in [-0.4, -0.2) is 37.2 Å². The Kier molecular flexibility index (Phi) is 4.27. The van der Waals surface area contributed by atoms with Crippen molar-refractivity contribution in [3.8, 4) is 0 Å². The Balaban J connectivity index is 1.80. The third kappa shape index (κ3) is 2.97. The molecule has 3 rings (SSSR count). The van der Waals surface area contributed by atoms with Crippen molar-refractivity contribution in [3.63, 3.8) is 0 Å². The van der Waals surface area contributed by atoms with Gasteiger partial charge in [0, 0.05) is 12.1 Å². The first-order valence-corrected chi connectivity index (χ1v) is 7.96. The second-order valence-electron chi connectivity index (χ2n) is 6.05. The molecule has 0 aromatic heterocycles. The summed E-state index contributed by atoms with van der Waals surface area (Å²) >= 11 is 0. The fourth-order valence-electron chi connectivity index (χ4n) is 3.53. The lowest BCUT2D eigenvalue weighted by Gasteiger charge is -2.34. The van der Waals surface area contributed by atoms with Crippen molar-refractivity contribution < 1.29 is 9.53 Å². The molecule has 0 aliphatic carbocycles. The molecule has 1 amide bonds. The van der Waals surface area contributed by atoms with Crippen molar-refractivity contribution in [2.75, 3.05) is 24.6 Å². The molecule has 1 atom stereocenters. The molecular formula is C17H24N2O2. The first-order valence-electron chi connectivity index (χ1n) is 7.96. The molecule has 2 fully saturated rings. The number of ether oxygens (including phenoxy) is 1. The van der Waals surface area contributed by atoms with Crippen LogP contribution in [-0.2, 0) is 9.53 Å². The lowest BCUT2D eigenvalue weighted by atomic mass is 9.88. The topological polar surface area (TPSA) is 41.6 Å². The van der Waals surface area contributed by atoms with Gasteiger partial charge in [-0.15, -0.1) is 0 Å². The minimum absolute atomic E-state index is 0.0169. The molecule has 4 heteroatoms. The molecule has 1 aromatic carbocycles. The van der Waals surface area contributed by atoms with E-state index in [1.54, 1.807) is 0 Å². The maximum Gasteiger partial charge on any atom is 0.227 e. The first kappa shape index (κ1) is 14.5. The Morgan fingerprint density at radius 1 is 1.33 bits per heavy atom. The Hall–Kier alpha value is -1.39. The zero-order chi connectivity index (χ0) is 14.7. The summed E-state index contributed by atoms with van der Waals surface area (Å²) in [4.78, 5) is 14.4. The highest BCUT2D eigenvalue weighted by molar-refractivity contribution is 5.93. The van der Waals surface area contributed by atoms with Gasteiger partial charge in [-0.05, 0) is 44.5 Å². The fraction of sp³-hybridized carbons (Fsp3) is 0.588. The highest BCUT2D eigenvalue weighted by Gasteiger charge is 2.44. The van der Waals surface area contributed by atoms with Crippen LogP contribution in [0, 0.1) is 0 Å². The summed E-state index contributed by atoms with van der Waals surface area (Å²) in [5.41, 5.74) is 0.973. The van der Waals surface area contributed by atoms with E-state index in [1.165, 1.54) is 0 Å². The number of anilines is 1. The van der Waals surface area contributed by atoms with Crippen LogP contribution in [0.4, 0.5) is 5.69 Å². The predicted molar refractivity (Wildman–Crippen MR) is 83.4 cm³/mol. The van der Waals surface area contributed by atoms with E-state index in [0.29, 0.717) is 13.0 Å². The van der Waals surface area contributed by atoms with Gasteiger partial charge in [-0.25, -0.2) is 0 Å². The molecule has 1 aromatic rings. The molecule has 4 nitrogen and oxygen atoms in total. The normalized spacial score (nSPS) is 24.1. The van der Waals surface area contributed by atoms with E-state index < -0.39 is 0 Å². The number of hydrogen-bond acceptors (Lipinski definition) is 3. The summed E-state index contributed by atoms with van der Waals surface area (Å²) in [6.07, 6.45) is 3.58. The third-order valence-corrected chi connectivity index (χ3v) is 4.67. The number of carbonyl (C=O) groups excluding carboxylic acids is 1. The minimum Gasteiger partial charge on any atom is -0.373 e. The highest BCUT2D eigenvalue weighted by Crippen LogP contribution is 2.37. The standard InChI is InChI=1S/C17H24N2O2/c1-2-16(20)19(14-6-4-3-5-7-14)15-12-17(21-13-15)8-10-18-11-9-17/h3-7,15,18H,2,8-13H2,1H3. The van der Waals surface area contributed by atoms with Crippen LogP contribution < -0.4 is 10.2 Å². The van der Waals surface area contributed by atoms with Crippen LogP contribution in [0.3, 0.4) is 0 Å². The van der Waals surface area contributed by atoms with Crippen LogP contribution in [0.5, 0.6) is 0 Å². The summed E-state index contributed by atoms with van der Waals surface area (Å²) in [5, 5.41) is 3.39. The van der Waals surface area contributed by atoms with Crippen molar-refractivity contribution in [1.29, 1.82) is 0 Å². The average Bonchev–Trinajstić information content (AvgIpc) is 2.92. The quantitative estimate of drug-likeness (QED) is 0.928. The number of nitrogens with one attached hydrogen (secondary N) is 1. The first-order chi connectivity index (χ1) is 10.2. The summed E-state index contributed by atoms with van der Waals surface area (Å²) in [5.74, 6) is 0.181.